The lowest BCUT2D eigenvalue weighted by atomic mass is 9.96. The normalized spacial score (nSPS) is 15.3. The van der Waals surface area contributed by atoms with Crippen molar-refractivity contribution in [3.05, 3.63) is 113 Å². The first-order valence-corrected chi connectivity index (χ1v) is 11.3. The van der Waals surface area contributed by atoms with Gasteiger partial charge in [0.05, 0.1) is 33.9 Å². The maximum absolute atomic E-state index is 13.5. The number of nitro groups is 1. The van der Waals surface area contributed by atoms with Crippen molar-refractivity contribution in [1.82, 2.24) is 4.57 Å². The minimum Gasteiger partial charge on any atom is -0.497 e. The number of carbonyl (C=O) groups is 1. The molecule has 1 aromatic heterocycles. The maximum atomic E-state index is 13.5. The number of benzene rings is 2. The molecule has 1 aliphatic heterocycles. The molecule has 1 unspecified atom stereocenters. The number of non-ortho nitro benzene ring substituents is 1. The number of allylic oxidation sites excluding steroid dienone is 1. The Morgan fingerprint density at radius 1 is 1.23 bits per heavy atom. The summed E-state index contributed by atoms with van der Waals surface area (Å²) in [6.45, 7) is 5.30. The highest BCUT2D eigenvalue weighted by Gasteiger charge is 2.33. The molecule has 10 heteroatoms. The zero-order valence-corrected chi connectivity index (χ0v) is 19.8. The monoisotopic (exact) mass is 491 g/mol. The number of esters is 1. The molecular formula is C25H21N3O6S. The summed E-state index contributed by atoms with van der Waals surface area (Å²) in [5.74, 6) is 0.0485. The summed E-state index contributed by atoms with van der Waals surface area (Å²) in [6.07, 6.45) is 3.11. The lowest BCUT2D eigenvalue weighted by molar-refractivity contribution is -0.384. The number of nitro benzene ring substituents is 1. The van der Waals surface area contributed by atoms with Crippen LogP contribution in [0.1, 0.15) is 24.1 Å². The van der Waals surface area contributed by atoms with Crippen molar-refractivity contribution in [3.8, 4) is 5.75 Å². The second-order valence-corrected chi connectivity index (χ2v) is 8.60. The van der Waals surface area contributed by atoms with Crippen LogP contribution in [-0.2, 0) is 9.53 Å². The first-order valence-electron chi connectivity index (χ1n) is 10.5. The Labute approximate surface area is 203 Å². The van der Waals surface area contributed by atoms with Gasteiger partial charge in [-0.25, -0.2) is 9.79 Å². The number of fused-ring (bicyclic) bond motifs is 1. The summed E-state index contributed by atoms with van der Waals surface area (Å²) >= 11 is 1.18. The van der Waals surface area contributed by atoms with Gasteiger partial charge in [-0.15, -0.1) is 0 Å². The minimum absolute atomic E-state index is 0.0233. The molecule has 4 rings (SSSR count). The summed E-state index contributed by atoms with van der Waals surface area (Å²) in [4.78, 5) is 41.9. The number of thiazole rings is 1. The van der Waals surface area contributed by atoms with Gasteiger partial charge in [-0.05, 0) is 48.4 Å². The van der Waals surface area contributed by atoms with E-state index in [1.54, 1.807) is 56.5 Å². The average molecular weight is 492 g/mol. The van der Waals surface area contributed by atoms with Gasteiger partial charge in [-0.2, -0.15) is 0 Å². The molecule has 178 valence electrons. The Morgan fingerprint density at radius 2 is 1.91 bits per heavy atom. The van der Waals surface area contributed by atoms with E-state index in [9.17, 15) is 19.7 Å². The SMILES string of the molecule is C=CCOC(=O)C1=C(C)N=c2sc(=Cc3ccc([N+](=O)[O-])cc3)c(=O)n2C1c1ccc(OC)cc1. The third kappa shape index (κ3) is 4.69. The van der Waals surface area contributed by atoms with E-state index in [2.05, 4.69) is 11.6 Å². The maximum Gasteiger partial charge on any atom is 0.338 e. The van der Waals surface area contributed by atoms with Gasteiger partial charge in [-0.1, -0.05) is 36.1 Å². The van der Waals surface area contributed by atoms with E-state index in [0.717, 1.165) is 0 Å². The van der Waals surface area contributed by atoms with E-state index in [-0.39, 0.29) is 23.4 Å². The van der Waals surface area contributed by atoms with Crippen molar-refractivity contribution in [2.75, 3.05) is 13.7 Å². The molecule has 0 spiro atoms. The molecule has 2 aromatic carbocycles. The molecule has 2 heterocycles. The van der Waals surface area contributed by atoms with Gasteiger partial charge >= 0.3 is 5.97 Å². The van der Waals surface area contributed by atoms with Crippen LogP contribution in [0.4, 0.5) is 5.69 Å². The predicted octanol–water partition coefficient (Wildman–Crippen LogP) is 2.88. The fourth-order valence-corrected chi connectivity index (χ4v) is 4.79. The number of hydrogen-bond donors (Lipinski definition) is 0. The highest BCUT2D eigenvalue weighted by Crippen LogP contribution is 2.31. The van der Waals surface area contributed by atoms with Crippen molar-refractivity contribution in [3.63, 3.8) is 0 Å². The Bertz CT molecular complexity index is 1520. The molecular weight excluding hydrogens is 470 g/mol. The van der Waals surface area contributed by atoms with E-state index < -0.39 is 16.9 Å². The first-order chi connectivity index (χ1) is 16.8. The van der Waals surface area contributed by atoms with Crippen LogP contribution < -0.4 is 19.6 Å². The van der Waals surface area contributed by atoms with Crippen LogP contribution >= 0.6 is 11.3 Å². The number of methoxy groups -OCH3 is 1. The third-order valence-corrected chi connectivity index (χ3v) is 6.39. The Hall–Kier alpha value is -4.31. The lowest BCUT2D eigenvalue weighted by Gasteiger charge is -2.24. The highest BCUT2D eigenvalue weighted by molar-refractivity contribution is 7.07. The van der Waals surface area contributed by atoms with Gasteiger partial charge in [0.15, 0.2) is 4.80 Å². The Kier molecular flexibility index (Phi) is 6.74. The second kappa shape index (κ2) is 9.90. The van der Waals surface area contributed by atoms with Gasteiger partial charge in [0.25, 0.3) is 11.2 Å². The van der Waals surface area contributed by atoms with Crippen LogP contribution in [0.2, 0.25) is 0 Å². The fourth-order valence-electron chi connectivity index (χ4n) is 3.74. The zero-order valence-electron chi connectivity index (χ0n) is 19.0. The zero-order chi connectivity index (χ0) is 25.1. The van der Waals surface area contributed by atoms with Crippen LogP contribution in [0.5, 0.6) is 5.75 Å². The van der Waals surface area contributed by atoms with E-state index in [1.165, 1.54) is 34.1 Å². The number of nitrogens with zero attached hydrogens (tertiary/aromatic N) is 3. The molecule has 0 saturated heterocycles. The fraction of sp³-hybridized carbons (Fsp3) is 0.160. The topological polar surface area (TPSA) is 113 Å². The molecule has 9 nitrogen and oxygen atoms in total. The molecule has 0 amide bonds. The third-order valence-electron chi connectivity index (χ3n) is 5.41. The molecule has 1 aliphatic rings. The summed E-state index contributed by atoms with van der Waals surface area (Å²) in [7, 11) is 1.55. The summed E-state index contributed by atoms with van der Waals surface area (Å²) in [5.41, 5.74) is 1.64. The van der Waals surface area contributed by atoms with Crippen molar-refractivity contribution in [2.45, 2.75) is 13.0 Å². The Balaban J connectivity index is 1.88. The molecule has 1 atom stereocenters. The van der Waals surface area contributed by atoms with Crippen molar-refractivity contribution < 1.29 is 19.2 Å². The second-order valence-electron chi connectivity index (χ2n) is 7.59. The van der Waals surface area contributed by atoms with Gasteiger partial charge < -0.3 is 9.47 Å². The van der Waals surface area contributed by atoms with Gasteiger partial charge in [0.1, 0.15) is 12.4 Å². The quantitative estimate of drug-likeness (QED) is 0.217. The largest absolute Gasteiger partial charge is 0.497 e. The molecule has 0 fully saturated rings. The smallest absolute Gasteiger partial charge is 0.338 e. The van der Waals surface area contributed by atoms with Crippen molar-refractivity contribution >= 4 is 29.1 Å². The number of carbonyl (C=O) groups excluding carboxylic acids is 1. The van der Waals surface area contributed by atoms with Gasteiger partial charge in [0, 0.05) is 12.1 Å². The van der Waals surface area contributed by atoms with Crippen LogP contribution in [-0.4, -0.2) is 29.2 Å². The highest BCUT2D eigenvalue weighted by atomic mass is 32.1. The predicted molar refractivity (Wildman–Crippen MR) is 131 cm³/mol. The van der Waals surface area contributed by atoms with E-state index >= 15 is 0 Å². The van der Waals surface area contributed by atoms with Crippen molar-refractivity contribution in [2.24, 2.45) is 4.99 Å². The van der Waals surface area contributed by atoms with Crippen LogP contribution in [0, 0.1) is 10.1 Å². The summed E-state index contributed by atoms with van der Waals surface area (Å²) in [6, 6.07) is 12.2. The lowest BCUT2D eigenvalue weighted by Crippen LogP contribution is -2.39. The van der Waals surface area contributed by atoms with Crippen LogP contribution in [0.25, 0.3) is 6.08 Å². The summed E-state index contributed by atoms with van der Waals surface area (Å²) < 4.78 is 12.4. The van der Waals surface area contributed by atoms with Crippen molar-refractivity contribution in [1.29, 1.82) is 0 Å². The molecule has 0 radical (unpaired) electrons. The van der Waals surface area contributed by atoms with Gasteiger partial charge in [-0.3, -0.25) is 19.5 Å². The number of hydrogen-bond acceptors (Lipinski definition) is 8. The number of ether oxygens (including phenoxy) is 2. The molecule has 0 bridgehead atoms. The summed E-state index contributed by atoms with van der Waals surface area (Å²) in [5, 5.41) is 10.9. The van der Waals surface area contributed by atoms with E-state index in [4.69, 9.17) is 9.47 Å². The standard InChI is InChI=1S/C25H21N3O6S/c1-4-13-34-24(30)21-15(2)26-25-27(22(21)17-7-11-19(33-3)12-8-17)23(29)20(35-25)14-16-5-9-18(10-6-16)28(31)32/h4-12,14,22H,1,13H2,2-3H3. The first kappa shape index (κ1) is 23.8. The number of rotatable bonds is 7. The molecule has 35 heavy (non-hydrogen) atoms. The number of aromatic nitrogens is 1. The average Bonchev–Trinajstić information content (AvgIpc) is 3.16. The van der Waals surface area contributed by atoms with E-state index in [1.807, 2.05) is 0 Å². The minimum atomic E-state index is -0.756. The van der Waals surface area contributed by atoms with Gasteiger partial charge in [0.2, 0.25) is 0 Å². The van der Waals surface area contributed by atoms with Crippen LogP contribution in [0.3, 0.4) is 0 Å². The van der Waals surface area contributed by atoms with E-state index in [0.29, 0.717) is 31.9 Å². The molecule has 0 N–H and O–H groups in total. The molecule has 3 aromatic rings. The molecule has 0 saturated carbocycles. The molecule has 0 aliphatic carbocycles. The van der Waals surface area contributed by atoms with Crippen LogP contribution in [0.15, 0.2) is 82.2 Å². The Morgan fingerprint density at radius 3 is 2.51 bits per heavy atom.